The van der Waals surface area contributed by atoms with Gasteiger partial charge in [0, 0.05) is 30.4 Å². The molecule has 1 aromatic heterocycles. The van der Waals surface area contributed by atoms with Gasteiger partial charge in [-0.1, -0.05) is 6.07 Å². The molecule has 92 valence electrons. The van der Waals surface area contributed by atoms with Crippen molar-refractivity contribution in [3.63, 3.8) is 0 Å². The van der Waals surface area contributed by atoms with Gasteiger partial charge in [0.2, 0.25) is 5.91 Å². The van der Waals surface area contributed by atoms with Crippen LogP contribution in [0, 0.1) is 6.92 Å². The Morgan fingerprint density at radius 1 is 1.47 bits per heavy atom. The van der Waals surface area contributed by atoms with Gasteiger partial charge in [0.1, 0.15) is 0 Å². The van der Waals surface area contributed by atoms with E-state index in [1.165, 1.54) is 0 Å². The molecular formula is C13H19N3O. The lowest BCUT2D eigenvalue weighted by Crippen LogP contribution is -2.37. The van der Waals surface area contributed by atoms with Gasteiger partial charge in [-0.2, -0.15) is 0 Å². The molecule has 0 spiro atoms. The first-order valence-corrected chi connectivity index (χ1v) is 6.00. The highest BCUT2D eigenvalue weighted by Crippen LogP contribution is 2.33. The first-order valence-electron chi connectivity index (χ1n) is 6.00. The van der Waals surface area contributed by atoms with Gasteiger partial charge in [-0.05, 0) is 32.4 Å². The van der Waals surface area contributed by atoms with Crippen LogP contribution < -0.4 is 5.73 Å². The molecule has 2 atom stereocenters. The fourth-order valence-corrected chi connectivity index (χ4v) is 2.45. The zero-order valence-electron chi connectivity index (χ0n) is 10.6. The van der Waals surface area contributed by atoms with Gasteiger partial charge in [-0.3, -0.25) is 9.78 Å². The summed E-state index contributed by atoms with van der Waals surface area (Å²) in [6, 6.07) is 3.98. The third-order valence-corrected chi connectivity index (χ3v) is 3.24. The largest absolute Gasteiger partial charge is 0.332 e. The average Bonchev–Trinajstić information content (AvgIpc) is 2.55. The Labute approximate surface area is 102 Å². The van der Waals surface area contributed by atoms with Crippen molar-refractivity contribution in [3.05, 3.63) is 29.6 Å². The van der Waals surface area contributed by atoms with Gasteiger partial charge in [0.05, 0.1) is 6.04 Å². The van der Waals surface area contributed by atoms with Crippen LogP contribution in [0.15, 0.2) is 18.3 Å². The molecule has 2 unspecified atom stereocenters. The molecule has 1 aliphatic rings. The summed E-state index contributed by atoms with van der Waals surface area (Å²) in [4.78, 5) is 18.1. The highest BCUT2D eigenvalue weighted by atomic mass is 16.2. The van der Waals surface area contributed by atoms with Crippen LogP contribution in [0.2, 0.25) is 0 Å². The number of hydrogen-bond acceptors (Lipinski definition) is 3. The van der Waals surface area contributed by atoms with E-state index in [4.69, 9.17) is 5.73 Å². The second-order valence-corrected chi connectivity index (χ2v) is 4.94. The highest BCUT2D eigenvalue weighted by Gasteiger charge is 2.39. The fraction of sp³-hybridized carbons (Fsp3) is 0.538. The summed E-state index contributed by atoms with van der Waals surface area (Å²) in [6.45, 7) is 5.98. The van der Waals surface area contributed by atoms with E-state index >= 15 is 0 Å². The molecule has 4 nitrogen and oxygen atoms in total. The zero-order valence-corrected chi connectivity index (χ0v) is 10.6. The fourth-order valence-electron chi connectivity index (χ4n) is 2.45. The van der Waals surface area contributed by atoms with Gasteiger partial charge < -0.3 is 10.6 Å². The Morgan fingerprint density at radius 3 is 2.71 bits per heavy atom. The second kappa shape index (κ2) is 4.45. The van der Waals surface area contributed by atoms with Crippen LogP contribution in [-0.4, -0.2) is 27.9 Å². The summed E-state index contributed by atoms with van der Waals surface area (Å²) >= 11 is 0. The number of carbonyl (C=O) groups is 1. The highest BCUT2D eigenvalue weighted by molar-refractivity contribution is 5.80. The number of hydrogen-bond donors (Lipinski definition) is 1. The first-order chi connectivity index (χ1) is 8.00. The summed E-state index contributed by atoms with van der Waals surface area (Å²) in [5.41, 5.74) is 8.08. The van der Waals surface area contributed by atoms with Crippen LogP contribution in [-0.2, 0) is 4.79 Å². The molecular weight excluding hydrogens is 214 g/mol. The van der Waals surface area contributed by atoms with Crippen LogP contribution in [0.5, 0.6) is 0 Å². The van der Waals surface area contributed by atoms with E-state index < -0.39 is 0 Å². The lowest BCUT2D eigenvalue weighted by atomic mass is 10.0. The molecule has 1 amide bonds. The van der Waals surface area contributed by atoms with Gasteiger partial charge in [0.25, 0.3) is 0 Å². The predicted octanol–water partition coefficient (Wildman–Crippen LogP) is 1.40. The standard InChI is InChI=1S/C13H19N3O/c1-8(2)16-12(17)6-11(14)13(16)10-5-4-9(3)15-7-10/h4-5,7-8,11,13H,6,14H2,1-3H3. The van der Waals surface area contributed by atoms with Crippen molar-refractivity contribution in [1.29, 1.82) is 0 Å². The monoisotopic (exact) mass is 233 g/mol. The lowest BCUT2D eigenvalue weighted by molar-refractivity contribution is -0.130. The van der Waals surface area contributed by atoms with Crippen molar-refractivity contribution in [1.82, 2.24) is 9.88 Å². The van der Waals surface area contributed by atoms with Crippen molar-refractivity contribution < 1.29 is 4.79 Å². The van der Waals surface area contributed by atoms with Gasteiger partial charge in [0.15, 0.2) is 0 Å². The maximum absolute atomic E-state index is 11.9. The minimum absolute atomic E-state index is 0.0319. The van der Waals surface area contributed by atoms with Crippen LogP contribution in [0.1, 0.15) is 37.6 Å². The van der Waals surface area contributed by atoms with Gasteiger partial charge in [-0.15, -0.1) is 0 Å². The summed E-state index contributed by atoms with van der Waals surface area (Å²) in [5, 5.41) is 0. The minimum Gasteiger partial charge on any atom is -0.332 e. The van der Waals surface area contributed by atoms with Gasteiger partial charge >= 0.3 is 0 Å². The van der Waals surface area contributed by atoms with Crippen molar-refractivity contribution in [3.8, 4) is 0 Å². The molecule has 0 aliphatic carbocycles. The van der Waals surface area contributed by atoms with E-state index in [2.05, 4.69) is 4.98 Å². The maximum atomic E-state index is 11.9. The number of aryl methyl sites for hydroxylation is 1. The number of likely N-dealkylation sites (tertiary alicyclic amines) is 1. The molecule has 2 heterocycles. The molecule has 0 radical (unpaired) electrons. The van der Waals surface area contributed by atoms with Crippen LogP contribution in [0.25, 0.3) is 0 Å². The zero-order chi connectivity index (χ0) is 12.6. The molecule has 1 aliphatic heterocycles. The Balaban J connectivity index is 2.34. The van der Waals surface area contributed by atoms with Crippen LogP contribution in [0.4, 0.5) is 0 Å². The van der Waals surface area contributed by atoms with E-state index in [9.17, 15) is 4.79 Å². The van der Waals surface area contributed by atoms with Crippen LogP contribution >= 0.6 is 0 Å². The second-order valence-electron chi connectivity index (χ2n) is 4.94. The van der Waals surface area contributed by atoms with Crippen LogP contribution in [0.3, 0.4) is 0 Å². The molecule has 2 rings (SSSR count). The van der Waals surface area contributed by atoms with E-state index in [-0.39, 0.29) is 24.0 Å². The van der Waals surface area contributed by atoms with Crippen molar-refractivity contribution in [2.24, 2.45) is 5.73 Å². The smallest absolute Gasteiger partial charge is 0.225 e. The number of carbonyl (C=O) groups excluding carboxylic acids is 1. The van der Waals surface area contributed by atoms with E-state index in [0.29, 0.717) is 6.42 Å². The molecule has 0 aromatic carbocycles. The minimum atomic E-state index is -0.130. The Hall–Kier alpha value is -1.42. The molecule has 2 N–H and O–H groups in total. The Bertz CT molecular complexity index is 413. The lowest BCUT2D eigenvalue weighted by Gasteiger charge is -2.30. The number of amides is 1. The average molecular weight is 233 g/mol. The number of aromatic nitrogens is 1. The van der Waals surface area contributed by atoms with Crippen molar-refractivity contribution >= 4 is 5.91 Å². The topological polar surface area (TPSA) is 59.2 Å². The summed E-state index contributed by atoms with van der Waals surface area (Å²) in [7, 11) is 0. The summed E-state index contributed by atoms with van der Waals surface area (Å²) < 4.78 is 0. The molecule has 1 saturated heterocycles. The predicted molar refractivity (Wildman–Crippen MR) is 66.3 cm³/mol. The third kappa shape index (κ3) is 2.17. The van der Waals surface area contributed by atoms with Gasteiger partial charge in [-0.25, -0.2) is 0 Å². The molecule has 0 bridgehead atoms. The summed E-state index contributed by atoms with van der Waals surface area (Å²) in [5.74, 6) is 0.137. The molecule has 1 fully saturated rings. The van der Waals surface area contributed by atoms with Crippen molar-refractivity contribution in [2.45, 2.75) is 45.3 Å². The van der Waals surface area contributed by atoms with E-state index in [1.807, 2.05) is 44.0 Å². The van der Waals surface area contributed by atoms with E-state index in [1.54, 1.807) is 0 Å². The van der Waals surface area contributed by atoms with Crippen molar-refractivity contribution in [2.75, 3.05) is 0 Å². The number of rotatable bonds is 2. The normalized spacial score (nSPS) is 24.8. The first kappa shape index (κ1) is 12.0. The molecule has 0 saturated carbocycles. The number of nitrogens with two attached hydrogens (primary N) is 1. The molecule has 1 aromatic rings. The van der Waals surface area contributed by atoms with E-state index in [0.717, 1.165) is 11.3 Å². The SMILES string of the molecule is Cc1ccc(C2C(N)CC(=O)N2C(C)C)cn1. The summed E-state index contributed by atoms with van der Waals surface area (Å²) in [6.07, 6.45) is 2.25. The third-order valence-electron chi connectivity index (χ3n) is 3.24. The maximum Gasteiger partial charge on any atom is 0.225 e. The Kier molecular flexibility index (Phi) is 3.15. The Morgan fingerprint density at radius 2 is 2.18 bits per heavy atom. The molecule has 4 heteroatoms. The quantitative estimate of drug-likeness (QED) is 0.840. The molecule has 17 heavy (non-hydrogen) atoms. The number of nitrogens with zero attached hydrogens (tertiary/aromatic N) is 2. The number of pyridine rings is 1.